The first-order valence-electron chi connectivity index (χ1n) is 8.87. The van der Waals surface area contributed by atoms with Gasteiger partial charge < -0.3 is 19.8 Å². The third-order valence-electron chi connectivity index (χ3n) is 4.46. The number of fused-ring (bicyclic) bond motifs is 2. The van der Waals surface area contributed by atoms with Gasteiger partial charge in [0.15, 0.2) is 33.6 Å². The molecule has 0 spiro atoms. The number of nitrogens with two attached hydrogens (primary N) is 2. The van der Waals surface area contributed by atoms with Gasteiger partial charge in [-0.15, -0.1) is 11.3 Å². The Labute approximate surface area is 184 Å². The molecule has 4 aromatic rings. The number of primary sulfonamides is 1. The highest BCUT2D eigenvalue weighted by atomic mass is 32.2. The third kappa shape index (κ3) is 3.89. The maximum atomic E-state index is 11.6. The molecule has 11 nitrogen and oxygen atoms in total. The first-order chi connectivity index (χ1) is 14.9. The van der Waals surface area contributed by atoms with Crippen LogP contribution in [0.2, 0.25) is 0 Å². The van der Waals surface area contributed by atoms with Crippen LogP contribution in [0.25, 0.3) is 21.7 Å². The molecule has 14 heteroatoms. The number of nitrogens with zero attached hydrogens (tertiary/aromatic N) is 5. The van der Waals surface area contributed by atoms with Gasteiger partial charge in [-0.25, -0.2) is 33.5 Å². The maximum Gasteiger partial charge on any atom is 0.231 e. The number of hydrogen-bond donors (Lipinski definition) is 2. The Morgan fingerprint density at radius 1 is 1.19 bits per heavy atom. The summed E-state index contributed by atoms with van der Waals surface area (Å²) in [4.78, 5) is 18.0. The fraction of sp³-hybridized carbons (Fsp3) is 0.176. The number of aryl methyl sites for hydroxylation is 1. The molecule has 0 fully saturated rings. The van der Waals surface area contributed by atoms with Crippen LogP contribution in [0, 0.1) is 0 Å². The minimum atomic E-state index is -3.70. The maximum absolute atomic E-state index is 11.6. The van der Waals surface area contributed by atoms with Crippen molar-refractivity contribution >= 4 is 50.1 Å². The number of hydrogen-bond acceptors (Lipinski definition) is 11. The van der Waals surface area contributed by atoms with Gasteiger partial charge in [0.25, 0.3) is 0 Å². The van der Waals surface area contributed by atoms with Crippen molar-refractivity contribution < 1.29 is 17.9 Å². The quantitative estimate of drug-likeness (QED) is 0.418. The van der Waals surface area contributed by atoms with E-state index >= 15 is 0 Å². The normalized spacial score (nSPS) is 13.2. The Kier molecular flexibility index (Phi) is 4.92. The van der Waals surface area contributed by atoms with E-state index < -0.39 is 10.0 Å². The molecule has 1 aromatic carbocycles. The molecule has 4 heterocycles. The van der Waals surface area contributed by atoms with Gasteiger partial charge in [0.05, 0.1) is 5.75 Å². The van der Waals surface area contributed by atoms with Gasteiger partial charge in [-0.3, -0.25) is 0 Å². The predicted octanol–water partition coefficient (Wildman–Crippen LogP) is 1.70. The molecule has 0 atom stereocenters. The van der Waals surface area contributed by atoms with Gasteiger partial charge in [-0.2, -0.15) is 0 Å². The summed E-state index contributed by atoms with van der Waals surface area (Å²) in [6.45, 7) is 0.199. The van der Waals surface area contributed by atoms with E-state index in [4.69, 9.17) is 20.3 Å². The summed E-state index contributed by atoms with van der Waals surface area (Å²) in [6, 6.07) is 3.72. The number of aromatic nitrogens is 5. The first-order valence-corrected chi connectivity index (χ1v) is 12.3. The highest BCUT2D eigenvalue weighted by molar-refractivity contribution is 7.99. The molecule has 1 aliphatic heterocycles. The Hall–Kier alpha value is -2.94. The molecule has 0 aliphatic carbocycles. The molecule has 160 valence electrons. The van der Waals surface area contributed by atoms with Crippen molar-refractivity contribution in [1.82, 2.24) is 24.5 Å². The van der Waals surface area contributed by atoms with E-state index in [9.17, 15) is 8.42 Å². The zero-order chi connectivity index (χ0) is 21.6. The summed E-state index contributed by atoms with van der Waals surface area (Å²) < 4.78 is 35.9. The summed E-state index contributed by atoms with van der Waals surface area (Å²) in [5, 5.41) is 8.38. The highest BCUT2D eigenvalue weighted by Gasteiger charge is 2.23. The van der Waals surface area contributed by atoms with E-state index in [0.717, 1.165) is 15.5 Å². The number of benzene rings is 1. The van der Waals surface area contributed by atoms with E-state index in [1.54, 1.807) is 10.8 Å². The van der Waals surface area contributed by atoms with Crippen molar-refractivity contribution in [2.45, 2.75) is 16.6 Å². The molecule has 0 amide bonds. The number of ether oxygens (including phenoxy) is 2. The number of imidazole rings is 1. The molecule has 0 radical (unpaired) electrons. The molecule has 0 saturated carbocycles. The van der Waals surface area contributed by atoms with Gasteiger partial charge in [-0.1, -0.05) is 11.8 Å². The summed E-state index contributed by atoms with van der Waals surface area (Å²) in [7, 11) is -3.70. The smallest absolute Gasteiger partial charge is 0.231 e. The Morgan fingerprint density at radius 3 is 2.74 bits per heavy atom. The van der Waals surface area contributed by atoms with Crippen LogP contribution in [0.4, 0.5) is 5.82 Å². The van der Waals surface area contributed by atoms with Crippen LogP contribution in [-0.2, 0) is 16.6 Å². The van der Waals surface area contributed by atoms with Crippen molar-refractivity contribution in [1.29, 1.82) is 0 Å². The number of thiazole rings is 1. The van der Waals surface area contributed by atoms with Crippen LogP contribution in [0.5, 0.6) is 11.5 Å². The monoisotopic (exact) mass is 477 g/mol. The number of rotatable bonds is 6. The summed E-state index contributed by atoms with van der Waals surface area (Å²) in [5.41, 5.74) is 7.62. The minimum absolute atomic E-state index is 0.0608. The zero-order valence-electron chi connectivity index (χ0n) is 15.8. The lowest BCUT2D eigenvalue weighted by Crippen LogP contribution is -2.20. The largest absolute Gasteiger partial charge is 0.454 e. The van der Waals surface area contributed by atoms with Crippen LogP contribution < -0.4 is 20.3 Å². The van der Waals surface area contributed by atoms with E-state index in [0.29, 0.717) is 27.8 Å². The molecule has 1 aliphatic rings. The topological polar surface area (TPSA) is 161 Å². The third-order valence-corrected chi connectivity index (χ3v) is 7.07. The fourth-order valence-corrected chi connectivity index (χ4v) is 5.28. The number of anilines is 1. The van der Waals surface area contributed by atoms with E-state index in [1.165, 1.54) is 29.4 Å². The molecular formula is C17H15N7O4S3. The van der Waals surface area contributed by atoms with Crippen molar-refractivity contribution in [2.75, 3.05) is 18.3 Å². The standard InChI is InChI=1S/C17H15N7O4S3/c18-14-13-15(22-7-21-14)24(2-4-31(19,25)26)17(23-13)30-12-6-11-10(27-8-28-11)5-9(12)16-20-1-3-29-16/h1,3,5-7H,2,4,8H2,(H2,18,21,22)(H2,19,25,26). The summed E-state index contributed by atoms with van der Waals surface area (Å²) in [5.74, 6) is 1.16. The average Bonchev–Trinajstić information content (AvgIpc) is 3.45. The minimum Gasteiger partial charge on any atom is -0.454 e. The average molecular weight is 478 g/mol. The summed E-state index contributed by atoms with van der Waals surface area (Å²) in [6.07, 6.45) is 3.03. The Morgan fingerprint density at radius 2 is 2.00 bits per heavy atom. The van der Waals surface area contributed by atoms with Crippen molar-refractivity contribution in [3.8, 4) is 22.1 Å². The Bertz CT molecular complexity index is 1390. The van der Waals surface area contributed by atoms with E-state index in [-0.39, 0.29) is 24.9 Å². The second-order valence-electron chi connectivity index (χ2n) is 6.49. The van der Waals surface area contributed by atoms with Crippen LogP contribution in [0.1, 0.15) is 0 Å². The molecule has 0 unspecified atom stereocenters. The fourth-order valence-electron chi connectivity index (χ4n) is 3.06. The molecule has 3 aromatic heterocycles. The van der Waals surface area contributed by atoms with Crippen molar-refractivity contribution in [3.63, 3.8) is 0 Å². The predicted molar refractivity (Wildman–Crippen MR) is 116 cm³/mol. The Balaban J connectivity index is 1.63. The van der Waals surface area contributed by atoms with Crippen LogP contribution in [0.15, 0.2) is 40.1 Å². The lowest BCUT2D eigenvalue weighted by Gasteiger charge is -2.11. The second-order valence-corrected chi connectivity index (χ2v) is 10.1. The van der Waals surface area contributed by atoms with Crippen LogP contribution >= 0.6 is 23.1 Å². The number of sulfonamides is 1. The molecule has 0 bridgehead atoms. The number of nitrogen functional groups attached to an aromatic ring is 1. The lowest BCUT2D eigenvalue weighted by molar-refractivity contribution is 0.174. The van der Waals surface area contributed by atoms with Gasteiger partial charge >= 0.3 is 0 Å². The second kappa shape index (κ2) is 7.64. The van der Waals surface area contributed by atoms with E-state index in [1.807, 2.05) is 17.5 Å². The summed E-state index contributed by atoms with van der Waals surface area (Å²) >= 11 is 2.80. The molecule has 31 heavy (non-hydrogen) atoms. The van der Waals surface area contributed by atoms with Gasteiger partial charge in [0.2, 0.25) is 16.8 Å². The van der Waals surface area contributed by atoms with Crippen LogP contribution in [0.3, 0.4) is 0 Å². The first kappa shape index (κ1) is 20.0. The molecule has 5 rings (SSSR count). The van der Waals surface area contributed by atoms with Gasteiger partial charge in [0.1, 0.15) is 11.3 Å². The zero-order valence-corrected chi connectivity index (χ0v) is 18.2. The molecular weight excluding hydrogens is 462 g/mol. The molecule has 4 N–H and O–H groups in total. The van der Waals surface area contributed by atoms with Gasteiger partial charge in [-0.05, 0) is 12.1 Å². The SMILES string of the molecule is Nc1ncnc2c1nc(Sc1cc3c(cc1-c1nccs1)OCO3)n2CCS(N)(=O)=O. The van der Waals surface area contributed by atoms with E-state index in [2.05, 4.69) is 19.9 Å². The van der Waals surface area contributed by atoms with Crippen LogP contribution in [-0.4, -0.2) is 45.5 Å². The van der Waals surface area contributed by atoms with Gasteiger partial charge in [0, 0.05) is 28.6 Å². The van der Waals surface area contributed by atoms with Crippen molar-refractivity contribution in [3.05, 3.63) is 30.0 Å². The van der Waals surface area contributed by atoms with Crippen molar-refractivity contribution in [2.24, 2.45) is 5.14 Å². The lowest BCUT2D eigenvalue weighted by atomic mass is 10.2. The molecule has 0 saturated heterocycles. The highest BCUT2D eigenvalue weighted by Crippen LogP contribution is 2.45.